The van der Waals surface area contributed by atoms with Gasteiger partial charge in [0.15, 0.2) is 0 Å². The number of benzene rings is 3. The largest absolute Gasteiger partial charge is 0.497 e. The zero-order chi connectivity index (χ0) is 16.5. The van der Waals surface area contributed by atoms with E-state index in [-0.39, 0.29) is 0 Å². The van der Waals surface area contributed by atoms with E-state index in [0.29, 0.717) is 0 Å². The van der Waals surface area contributed by atoms with Crippen LogP contribution in [0, 0.1) is 0 Å². The normalized spacial score (nSPS) is 13.1. The molecule has 0 radical (unpaired) electrons. The van der Waals surface area contributed by atoms with Crippen LogP contribution < -0.4 is 4.74 Å². The van der Waals surface area contributed by atoms with Gasteiger partial charge in [-0.3, -0.25) is 0 Å². The molecule has 1 aliphatic rings. The molecule has 0 unspecified atom stereocenters. The molecule has 118 valence electrons. The lowest BCUT2D eigenvalue weighted by molar-refractivity contribution is 0.413. The predicted molar refractivity (Wildman–Crippen MR) is 102 cm³/mol. The van der Waals surface area contributed by atoms with Crippen LogP contribution >= 0.6 is 11.8 Å². The number of ether oxygens (including phenoxy) is 1. The zero-order valence-electron chi connectivity index (χ0n) is 13.7. The molecule has 4 rings (SSSR count). The first kappa shape index (κ1) is 15.1. The fourth-order valence-electron chi connectivity index (χ4n) is 3.22. The Morgan fingerprint density at radius 1 is 0.750 bits per heavy atom. The van der Waals surface area contributed by atoms with Crippen LogP contribution in [0.4, 0.5) is 0 Å². The average molecular weight is 330 g/mol. The van der Waals surface area contributed by atoms with Gasteiger partial charge in [0, 0.05) is 9.79 Å². The van der Waals surface area contributed by atoms with E-state index in [2.05, 4.69) is 73.7 Å². The molecule has 24 heavy (non-hydrogen) atoms. The van der Waals surface area contributed by atoms with Gasteiger partial charge < -0.3 is 4.74 Å². The standard InChI is InChI=1S/C22H18OS/c1-15-18-10-6-7-11-20(18)24-21-14-17(23-2)12-13-19(21)22(15)16-8-4-3-5-9-16/h3-14H,1-2H3. The van der Waals surface area contributed by atoms with Crippen LogP contribution in [0.1, 0.15) is 23.6 Å². The van der Waals surface area contributed by atoms with E-state index in [1.165, 1.54) is 37.6 Å². The summed E-state index contributed by atoms with van der Waals surface area (Å²) in [6, 6.07) is 25.6. The molecule has 0 saturated heterocycles. The fourth-order valence-corrected chi connectivity index (χ4v) is 4.39. The summed E-state index contributed by atoms with van der Waals surface area (Å²) in [5.41, 5.74) is 6.43. The maximum Gasteiger partial charge on any atom is 0.120 e. The Morgan fingerprint density at radius 3 is 2.29 bits per heavy atom. The molecule has 1 aliphatic heterocycles. The number of rotatable bonds is 2. The highest BCUT2D eigenvalue weighted by atomic mass is 32.2. The molecule has 1 heterocycles. The number of hydrogen-bond donors (Lipinski definition) is 0. The van der Waals surface area contributed by atoms with Crippen molar-refractivity contribution in [2.75, 3.05) is 7.11 Å². The van der Waals surface area contributed by atoms with Crippen molar-refractivity contribution in [3.8, 4) is 5.75 Å². The number of methoxy groups -OCH3 is 1. The Hall–Kier alpha value is -2.45. The van der Waals surface area contributed by atoms with Crippen molar-refractivity contribution < 1.29 is 4.74 Å². The summed E-state index contributed by atoms with van der Waals surface area (Å²) in [5.74, 6) is 0.894. The second kappa shape index (κ2) is 6.21. The van der Waals surface area contributed by atoms with Crippen molar-refractivity contribution in [3.05, 3.63) is 89.5 Å². The molecule has 0 amide bonds. The SMILES string of the molecule is COc1ccc2c(c1)Sc1ccccc1C(C)=C2c1ccccc1. The summed E-state index contributed by atoms with van der Waals surface area (Å²) >= 11 is 1.81. The molecule has 0 aliphatic carbocycles. The number of allylic oxidation sites excluding steroid dienone is 1. The highest BCUT2D eigenvalue weighted by Crippen LogP contribution is 2.46. The van der Waals surface area contributed by atoms with Crippen molar-refractivity contribution in [2.24, 2.45) is 0 Å². The Kier molecular flexibility index (Phi) is 3.91. The molecule has 3 aromatic carbocycles. The Bertz CT molecular complexity index is 926. The zero-order valence-corrected chi connectivity index (χ0v) is 14.6. The summed E-state index contributed by atoms with van der Waals surface area (Å²) in [6.07, 6.45) is 0. The first-order valence-corrected chi connectivity index (χ1v) is 8.81. The van der Waals surface area contributed by atoms with Crippen LogP contribution in [-0.4, -0.2) is 7.11 Å². The molecule has 0 bridgehead atoms. The van der Waals surface area contributed by atoms with Crippen molar-refractivity contribution in [2.45, 2.75) is 16.7 Å². The van der Waals surface area contributed by atoms with E-state index in [0.717, 1.165) is 5.75 Å². The smallest absolute Gasteiger partial charge is 0.120 e. The molecule has 0 fully saturated rings. The molecule has 0 spiro atoms. The molecular weight excluding hydrogens is 312 g/mol. The Morgan fingerprint density at radius 2 is 1.50 bits per heavy atom. The van der Waals surface area contributed by atoms with Crippen molar-refractivity contribution in [1.29, 1.82) is 0 Å². The summed E-state index contributed by atoms with van der Waals surface area (Å²) < 4.78 is 5.45. The Balaban J connectivity index is 2.05. The third-order valence-corrected chi connectivity index (χ3v) is 5.54. The lowest BCUT2D eigenvalue weighted by atomic mass is 9.90. The van der Waals surface area contributed by atoms with Gasteiger partial charge in [-0.1, -0.05) is 60.3 Å². The molecule has 0 saturated carbocycles. The van der Waals surface area contributed by atoms with Crippen LogP contribution in [0.2, 0.25) is 0 Å². The minimum atomic E-state index is 0.894. The van der Waals surface area contributed by atoms with Gasteiger partial charge in [0.2, 0.25) is 0 Å². The fraction of sp³-hybridized carbons (Fsp3) is 0.0909. The van der Waals surface area contributed by atoms with E-state index < -0.39 is 0 Å². The molecule has 2 heteroatoms. The summed E-state index contributed by atoms with van der Waals surface area (Å²) in [6.45, 7) is 2.22. The third-order valence-electron chi connectivity index (χ3n) is 4.41. The highest BCUT2D eigenvalue weighted by molar-refractivity contribution is 7.99. The quantitative estimate of drug-likeness (QED) is 0.558. The van der Waals surface area contributed by atoms with Gasteiger partial charge in [-0.25, -0.2) is 0 Å². The minimum absolute atomic E-state index is 0.894. The first-order valence-electron chi connectivity index (χ1n) is 8.00. The van der Waals surface area contributed by atoms with Crippen molar-refractivity contribution in [3.63, 3.8) is 0 Å². The van der Waals surface area contributed by atoms with Crippen LogP contribution in [0.3, 0.4) is 0 Å². The van der Waals surface area contributed by atoms with Gasteiger partial charge in [-0.2, -0.15) is 0 Å². The van der Waals surface area contributed by atoms with Crippen LogP contribution in [0.15, 0.2) is 82.6 Å². The maximum atomic E-state index is 5.45. The maximum absolute atomic E-state index is 5.45. The van der Waals surface area contributed by atoms with Gasteiger partial charge >= 0.3 is 0 Å². The van der Waals surface area contributed by atoms with Gasteiger partial charge in [0.25, 0.3) is 0 Å². The molecule has 3 aromatic rings. The highest BCUT2D eigenvalue weighted by Gasteiger charge is 2.21. The predicted octanol–water partition coefficient (Wildman–Crippen LogP) is 6.14. The van der Waals surface area contributed by atoms with E-state index in [1.807, 2.05) is 17.8 Å². The second-order valence-electron chi connectivity index (χ2n) is 5.83. The van der Waals surface area contributed by atoms with E-state index in [1.54, 1.807) is 7.11 Å². The lowest BCUT2D eigenvalue weighted by Crippen LogP contribution is -1.93. The van der Waals surface area contributed by atoms with Gasteiger partial charge in [-0.05, 0) is 59.0 Å². The minimum Gasteiger partial charge on any atom is -0.497 e. The van der Waals surface area contributed by atoms with Crippen molar-refractivity contribution in [1.82, 2.24) is 0 Å². The lowest BCUT2D eigenvalue weighted by Gasteiger charge is -2.14. The first-order chi connectivity index (χ1) is 11.8. The Labute approximate surface area is 147 Å². The van der Waals surface area contributed by atoms with Crippen LogP contribution in [-0.2, 0) is 0 Å². The number of fused-ring (bicyclic) bond motifs is 2. The summed E-state index contributed by atoms with van der Waals surface area (Å²) in [5, 5.41) is 0. The van der Waals surface area contributed by atoms with Gasteiger partial charge in [-0.15, -0.1) is 0 Å². The molecule has 0 N–H and O–H groups in total. The third kappa shape index (κ3) is 2.53. The molecule has 0 atom stereocenters. The summed E-state index contributed by atoms with van der Waals surface area (Å²) in [4.78, 5) is 2.52. The van der Waals surface area contributed by atoms with Crippen molar-refractivity contribution >= 4 is 22.9 Å². The monoisotopic (exact) mass is 330 g/mol. The van der Waals surface area contributed by atoms with E-state index in [4.69, 9.17) is 4.74 Å². The van der Waals surface area contributed by atoms with E-state index in [9.17, 15) is 0 Å². The molecular formula is C22H18OS. The van der Waals surface area contributed by atoms with Gasteiger partial charge in [0.1, 0.15) is 5.75 Å². The molecule has 1 nitrogen and oxygen atoms in total. The second-order valence-corrected chi connectivity index (χ2v) is 6.91. The molecule has 0 aromatic heterocycles. The number of hydrogen-bond acceptors (Lipinski definition) is 2. The van der Waals surface area contributed by atoms with Gasteiger partial charge in [0.05, 0.1) is 7.11 Å². The van der Waals surface area contributed by atoms with Crippen LogP contribution in [0.5, 0.6) is 5.75 Å². The van der Waals surface area contributed by atoms with Crippen LogP contribution in [0.25, 0.3) is 11.1 Å². The topological polar surface area (TPSA) is 9.23 Å². The van der Waals surface area contributed by atoms with E-state index >= 15 is 0 Å². The summed E-state index contributed by atoms with van der Waals surface area (Å²) in [7, 11) is 1.72. The average Bonchev–Trinajstić information content (AvgIpc) is 2.76.